The monoisotopic (exact) mass is 419 g/mol. The van der Waals surface area contributed by atoms with Gasteiger partial charge in [-0.25, -0.2) is 0 Å². The van der Waals surface area contributed by atoms with Crippen molar-refractivity contribution in [1.82, 2.24) is 19.8 Å². The summed E-state index contributed by atoms with van der Waals surface area (Å²) in [5, 5.41) is 0. The number of ether oxygens (including phenoxy) is 1. The highest BCUT2D eigenvalue weighted by atomic mass is 35.5. The second-order valence-electron chi connectivity index (χ2n) is 7.40. The van der Waals surface area contributed by atoms with Crippen molar-refractivity contribution in [3.8, 4) is 5.88 Å². The maximum Gasteiger partial charge on any atom is 0.260 e. The SMILES string of the molecule is CN(C)c1cncc(OCC(=O)N(C)C2CCN(Cc3ccccc3)CC2)n1.Cl. The Balaban J connectivity index is 0.00000300. The number of halogens is 1. The molecule has 1 aliphatic rings. The Morgan fingerprint density at radius 2 is 1.83 bits per heavy atom. The first kappa shape index (κ1) is 22.9. The maximum atomic E-state index is 12.5. The first-order chi connectivity index (χ1) is 13.5. The number of carbonyl (C=O) groups excluding carboxylic acids is 1. The molecule has 29 heavy (non-hydrogen) atoms. The van der Waals surface area contributed by atoms with Crippen LogP contribution in [0.1, 0.15) is 18.4 Å². The minimum atomic E-state index is -0.0291. The van der Waals surface area contributed by atoms with Crippen LogP contribution in [-0.2, 0) is 11.3 Å². The van der Waals surface area contributed by atoms with Crippen molar-refractivity contribution < 1.29 is 9.53 Å². The Bertz CT molecular complexity index is 767. The summed E-state index contributed by atoms with van der Waals surface area (Å²) in [7, 11) is 5.64. The molecular formula is C21H30ClN5O2. The van der Waals surface area contributed by atoms with Gasteiger partial charge in [0.15, 0.2) is 12.4 Å². The number of carbonyl (C=O) groups is 1. The van der Waals surface area contributed by atoms with Crippen LogP contribution in [0.2, 0.25) is 0 Å². The summed E-state index contributed by atoms with van der Waals surface area (Å²) in [6, 6.07) is 10.8. The summed E-state index contributed by atoms with van der Waals surface area (Å²) in [5.74, 6) is 1.04. The largest absolute Gasteiger partial charge is 0.466 e. The fourth-order valence-corrected chi connectivity index (χ4v) is 3.37. The van der Waals surface area contributed by atoms with Crippen LogP contribution in [0.5, 0.6) is 5.88 Å². The number of benzene rings is 1. The number of nitrogens with zero attached hydrogens (tertiary/aromatic N) is 5. The number of anilines is 1. The van der Waals surface area contributed by atoms with Crippen LogP contribution in [0.4, 0.5) is 5.82 Å². The van der Waals surface area contributed by atoms with Crippen LogP contribution in [0.15, 0.2) is 42.7 Å². The smallest absolute Gasteiger partial charge is 0.260 e. The van der Waals surface area contributed by atoms with Gasteiger partial charge in [0.1, 0.15) is 0 Å². The zero-order valence-corrected chi connectivity index (χ0v) is 18.1. The van der Waals surface area contributed by atoms with E-state index in [1.165, 1.54) is 11.8 Å². The van der Waals surface area contributed by atoms with Gasteiger partial charge in [-0.1, -0.05) is 30.3 Å². The van der Waals surface area contributed by atoms with Crippen molar-refractivity contribution in [3.63, 3.8) is 0 Å². The van der Waals surface area contributed by atoms with Gasteiger partial charge < -0.3 is 14.5 Å². The van der Waals surface area contributed by atoms with Crippen molar-refractivity contribution in [1.29, 1.82) is 0 Å². The van der Waals surface area contributed by atoms with Crippen molar-refractivity contribution in [3.05, 3.63) is 48.3 Å². The summed E-state index contributed by atoms with van der Waals surface area (Å²) in [6.07, 6.45) is 5.14. The van der Waals surface area contributed by atoms with Crippen molar-refractivity contribution in [2.45, 2.75) is 25.4 Å². The number of likely N-dealkylation sites (N-methyl/N-ethyl adjacent to an activating group) is 1. The predicted octanol–water partition coefficient (Wildman–Crippen LogP) is 2.47. The van der Waals surface area contributed by atoms with Gasteiger partial charge in [-0.3, -0.25) is 14.7 Å². The lowest BCUT2D eigenvalue weighted by Crippen LogP contribution is -2.46. The summed E-state index contributed by atoms with van der Waals surface area (Å²) in [4.78, 5) is 27.1. The average molecular weight is 420 g/mol. The zero-order chi connectivity index (χ0) is 19.9. The minimum absolute atomic E-state index is 0. The molecule has 0 radical (unpaired) electrons. The molecule has 158 valence electrons. The van der Waals surface area contributed by atoms with Crippen molar-refractivity contribution in [2.75, 3.05) is 45.7 Å². The third kappa shape index (κ3) is 6.58. The number of likely N-dealkylation sites (tertiary alicyclic amines) is 1. The van der Waals surface area contributed by atoms with E-state index < -0.39 is 0 Å². The lowest BCUT2D eigenvalue weighted by molar-refractivity contribution is -0.135. The van der Waals surface area contributed by atoms with Gasteiger partial charge in [0.25, 0.3) is 5.91 Å². The molecule has 0 N–H and O–H groups in total. The van der Waals surface area contributed by atoms with E-state index in [9.17, 15) is 4.79 Å². The summed E-state index contributed by atoms with van der Waals surface area (Å²) in [5.41, 5.74) is 1.33. The number of piperidine rings is 1. The molecule has 0 atom stereocenters. The Morgan fingerprint density at radius 3 is 2.48 bits per heavy atom. The number of aromatic nitrogens is 2. The summed E-state index contributed by atoms with van der Waals surface area (Å²) < 4.78 is 5.57. The van der Waals surface area contributed by atoms with E-state index in [4.69, 9.17) is 4.74 Å². The van der Waals surface area contributed by atoms with E-state index in [1.54, 1.807) is 6.20 Å². The molecule has 1 aromatic carbocycles. The normalized spacial score (nSPS) is 14.7. The van der Waals surface area contributed by atoms with Gasteiger partial charge in [0.05, 0.1) is 12.4 Å². The Morgan fingerprint density at radius 1 is 1.14 bits per heavy atom. The predicted molar refractivity (Wildman–Crippen MR) is 117 cm³/mol. The van der Waals surface area contributed by atoms with E-state index in [-0.39, 0.29) is 31.0 Å². The molecule has 3 rings (SSSR count). The Labute approximate surface area is 179 Å². The van der Waals surface area contributed by atoms with Crippen LogP contribution < -0.4 is 9.64 Å². The van der Waals surface area contributed by atoms with Crippen LogP contribution in [0.25, 0.3) is 0 Å². The molecular weight excluding hydrogens is 390 g/mol. The second-order valence-corrected chi connectivity index (χ2v) is 7.40. The minimum Gasteiger partial charge on any atom is -0.466 e. The standard InChI is InChI=1S/C21H29N5O2.ClH/c1-24(2)19-13-22-14-20(23-19)28-16-21(27)25(3)18-9-11-26(12-10-18)15-17-7-5-4-6-8-17;/h4-8,13-14,18H,9-12,15-16H2,1-3H3;1H. The van der Waals surface area contributed by atoms with Crippen LogP contribution in [0, 0.1) is 0 Å². The highest BCUT2D eigenvalue weighted by Gasteiger charge is 2.25. The maximum absolute atomic E-state index is 12.5. The fraction of sp³-hybridized carbons (Fsp3) is 0.476. The van der Waals surface area contributed by atoms with Gasteiger partial charge in [-0.15, -0.1) is 12.4 Å². The van der Waals surface area contributed by atoms with Crippen LogP contribution >= 0.6 is 12.4 Å². The molecule has 7 nitrogen and oxygen atoms in total. The molecule has 2 aromatic rings. The van der Waals surface area contributed by atoms with Crippen molar-refractivity contribution in [2.24, 2.45) is 0 Å². The molecule has 1 aliphatic heterocycles. The first-order valence-corrected chi connectivity index (χ1v) is 9.67. The lowest BCUT2D eigenvalue weighted by atomic mass is 10.0. The molecule has 0 spiro atoms. The number of rotatable bonds is 7. The highest BCUT2D eigenvalue weighted by molar-refractivity contribution is 5.85. The third-order valence-corrected chi connectivity index (χ3v) is 5.15. The van der Waals surface area contributed by atoms with E-state index >= 15 is 0 Å². The summed E-state index contributed by atoms with van der Waals surface area (Å²) in [6.45, 7) is 2.93. The average Bonchev–Trinajstić information content (AvgIpc) is 2.73. The lowest BCUT2D eigenvalue weighted by Gasteiger charge is -2.36. The number of hydrogen-bond acceptors (Lipinski definition) is 6. The molecule has 8 heteroatoms. The molecule has 0 bridgehead atoms. The quantitative estimate of drug-likeness (QED) is 0.687. The van der Waals surface area contributed by atoms with Gasteiger partial charge >= 0.3 is 0 Å². The van der Waals surface area contributed by atoms with Crippen molar-refractivity contribution >= 4 is 24.1 Å². The summed E-state index contributed by atoms with van der Waals surface area (Å²) >= 11 is 0. The van der Waals surface area contributed by atoms with Gasteiger partial charge in [-0.2, -0.15) is 4.98 Å². The second kappa shape index (κ2) is 11.0. The van der Waals surface area contributed by atoms with E-state index in [0.29, 0.717) is 11.7 Å². The molecule has 0 saturated carbocycles. The van der Waals surface area contributed by atoms with Gasteiger partial charge in [0.2, 0.25) is 5.88 Å². The van der Waals surface area contributed by atoms with E-state index in [1.807, 2.05) is 37.0 Å². The van der Waals surface area contributed by atoms with E-state index in [0.717, 1.165) is 32.5 Å². The first-order valence-electron chi connectivity index (χ1n) is 9.67. The van der Waals surface area contributed by atoms with Gasteiger partial charge in [-0.05, 0) is 18.4 Å². The van der Waals surface area contributed by atoms with Crippen LogP contribution in [0.3, 0.4) is 0 Å². The highest BCUT2D eigenvalue weighted by Crippen LogP contribution is 2.18. The fourth-order valence-electron chi connectivity index (χ4n) is 3.37. The molecule has 0 aliphatic carbocycles. The van der Waals surface area contributed by atoms with E-state index in [2.05, 4.69) is 39.1 Å². The molecule has 1 aromatic heterocycles. The third-order valence-electron chi connectivity index (χ3n) is 5.15. The molecule has 1 amide bonds. The number of amides is 1. The van der Waals surface area contributed by atoms with Gasteiger partial charge in [0, 0.05) is 46.8 Å². The topological polar surface area (TPSA) is 61.8 Å². The molecule has 0 unspecified atom stereocenters. The number of hydrogen-bond donors (Lipinski definition) is 0. The molecule has 2 heterocycles. The molecule has 1 fully saturated rings. The Hall–Kier alpha value is -2.38. The molecule has 1 saturated heterocycles. The Kier molecular flexibility index (Phi) is 8.67. The zero-order valence-electron chi connectivity index (χ0n) is 17.3. The van der Waals surface area contributed by atoms with Crippen LogP contribution in [-0.4, -0.2) is 72.6 Å².